The molecule has 0 bridgehead atoms. The number of ether oxygens (including phenoxy) is 2. The van der Waals surface area contributed by atoms with E-state index in [1.165, 1.54) is 6.07 Å². The molecule has 0 spiro atoms. The first kappa shape index (κ1) is 22.0. The van der Waals surface area contributed by atoms with Gasteiger partial charge in [-0.05, 0) is 60.6 Å². The van der Waals surface area contributed by atoms with E-state index in [0.29, 0.717) is 42.9 Å². The molecule has 1 N–H and O–H groups in total. The zero-order valence-corrected chi connectivity index (χ0v) is 17.7. The van der Waals surface area contributed by atoms with Crippen molar-refractivity contribution in [3.05, 3.63) is 59.2 Å². The number of piperidine rings is 1. The second kappa shape index (κ2) is 9.97. The number of hydrogen-bond acceptors (Lipinski definition) is 4. The summed E-state index contributed by atoms with van der Waals surface area (Å²) in [7, 11) is 0. The minimum Gasteiger partial charge on any atom is -0.454 e. The lowest BCUT2D eigenvalue weighted by atomic mass is 9.93. The van der Waals surface area contributed by atoms with Crippen LogP contribution in [0.2, 0.25) is 0 Å². The first-order valence-electron chi connectivity index (χ1n) is 10.8. The van der Waals surface area contributed by atoms with Gasteiger partial charge in [0.05, 0.1) is 6.42 Å². The number of hydrogen-bond donors (Lipinski definition) is 1. The third kappa shape index (κ3) is 5.55. The van der Waals surface area contributed by atoms with Gasteiger partial charge < -0.3 is 19.7 Å². The van der Waals surface area contributed by atoms with Crippen molar-refractivity contribution in [2.24, 2.45) is 5.92 Å². The summed E-state index contributed by atoms with van der Waals surface area (Å²) in [6.45, 7) is 1.72. The van der Waals surface area contributed by atoms with Crippen molar-refractivity contribution in [2.75, 3.05) is 19.9 Å². The summed E-state index contributed by atoms with van der Waals surface area (Å²) < 4.78 is 36.9. The summed E-state index contributed by atoms with van der Waals surface area (Å²) in [5.41, 5.74) is 1.40. The van der Waals surface area contributed by atoms with Crippen LogP contribution in [0.3, 0.4) is 0 Å². The van der Waals surface area contributed by atoms with E-state index in [-0.39, 0.29) is 31.1 Å². The quantitative estimate of drug-likeness (QED) is 0.709. The second-order valence-corrected chi connectivity index (χ2v) is 8.28. The van der Waals surface area contributed by atoms with E-state index < -0.39 is 11.6 Å². The van der Waals surface area contributed by atoms with Crippen molar-refractivity contribution in [1.29, 1.82) is 0 Å². The maximum Gasteiger partial charge on any atom is 0.231 e. The van der Waals surface area contributed by atoms with Crippen LogP contribution in [0.25, 0.3) is 0 Å². The molecule has 2 aliphatic heterocycles. The molecule has 2 aromatic carbocycles. The lowest BCUT2D eigenvalue weighted by Crippen LogP contribution is -2.41. The number of rotatable bonds is 7. The molecule has 2 heterocycles. The number of nitrogens with zero attached hydrogens (tertiary/aromatic N) is 1. The SMILES string of the molecule is O=C(CC[C@@H]1CCCN(C(=O)Cc2ccc3c(c2)OCO3)C1)NCc1ccc(F)c(F)c1. The standard InChI is InChI=1S/C24H26F2N2O4/c25-19-6-3-18(10-20(19)26)13-27-23(29)8-5-16-2-1-9-28(14-16)24(30)12-17-4-7-21-22(11-17)32-15-31-21/h3-4,6-7,10-11,16H,1-2,5,8-9,12-15H2,(H,27,29)/t16-/m0/s1. The largest absolute Gasteiger partial charge is 0.454 e. The van der Waals surface area contributed by atoms with Gasteiger partial charge in [0.1, 0.15) is 0 Å². The fourth-order valence-electron chi connectivity index (χ4n) is 4.14. The fraction of sp³-hybridized carbons (Fsp3) is 0.417. The predicted octanol–water partition coefficient (Wildman–Crippen LogP) is 3.57. The first-order valence-corrected chi connectivity index (χ1v) is 10.8. The van der Waals surface area contributed by atoms with Gasteiger partial charge in [-0.3, -0.25) is 9.59 Å². The highest BCUT2D eigenvalue weighted by atomic mass is 19.2. The van der Waals surface area contributed by atoms with Crippen LogP contribution in [-0.4, -0.2) is 36.6 Å². The van der Waals surface area contributed by atoms with Crippen molar-refractivity contribution in [1.82, 2.24) is 10.2 Å². The zero-order chi connectivity index (χ0) is 22.5. The van der Waals surface area contributed by atoms with Crippen LogP contribution < -0.4 is 14.8 Å². The minimum atomic E-state index is -0.926. The number of fused-ring (bicyclic) bond motifs is 1. The highest BCUT2D eigenvalue weighted by Gasteiger charge is 2.24. The minimum absolute atomic E-state index is 0.0661. The van der Waals surface area contributed by atoms with Gasteiger partial charge in [0.2, 0.25) is 18.6 Å². The second-order valence-electron chi connectivity index (χ2n) is 8.28. The molecule has 0 saturated carbocycles. The molecule has 8 heteroatoms. The molecule has 1 fully saturated rings. The number of carbonyl (C=O) groups is 2. The third-order valence-corrected chi connectivity index (χ3v) is 5.92. The number of benzene rings is 2. The Morgan fingerprint density at radius 2 is 1.84 bits per heavy atom. The molecule has 2 aliphatic rings. The van der Waals surface area contributed by atoms with Crippen LogP contribution in [0, 0.1) is 17.6 Å². The number of halogens is 2. The summed E-state index contributed by atoms with van der Waals surface area (Å²) in [6.07, 6.45) is 3.20. The third-order valence-electron chi connectivity index (χ3n) is 5.92. The topological polar surface area (TPSA) is 67.9 Å². The Balaban J connectivity index is 1.21. The van der Waals surface area contributed by atoms with Gasteiger partial charge in [-0.1, -0.05) is 12.1 Å². The van der Waals surface area contributed by atoms with E-state index in [9.17, 15) is 18.4 Å². The molecule has 1 atom stereocenters. The summed E-state index contributed by atoms with van der Waals surface area (Å²) in [5.74, 6) is -0.281. The van der Waals surface area contributed by atoms with Crippen LogP contribution in [0.4, 0.5) is 8.78 Å². The molecule has 32 heavy (non-hydrogen) atoms. The zero-order valence-electron chi connectivity index (χ0n) is 17.7. The monoisotopic (exact) mass is 444 g/mol. The fourth-order valence-corrected chi connectivity index (χ4v) is 4.14. The lowest BCUT2D eigenvalue weighted by Gasteiger charge is -2.33. The van der Waals surface area contributed by atoms with Crippen molar-refractivity contribution in [3.8, 4) is 11.5 Å². The summed E-state index contributed by atoms with van der Waals surface area (Å²) in [4.78, 5) is 26.8. The van der Waals surface area contributed by atoms with Crippen molar-refractivity contribution < 1.29 is 27.8 Å². The molecule has 4 rings (SSSR count). The van der Waals surface area contributed by atoms with Gasteiger partial charge in [-0.2, -0.15) is 0 Å². The van der Waals surface area contributed by atoms with Gasteiger partial charge in [0.15, 0.2) is 23.1 Å². The summed E-state index contributed by atoms with van der Waals surface area (Å²) in [6, 6.07) is 9.13. The average Bonchev–Trinajstić information content (AvgIpc) is 3.26. The van der Waals surface area contributed by atoms with Gasteiger partial charge >= 0.3 is 0 Å². The number of amides is 2. The molecular weight excluding hydrogens is 418 g/mol. The lowest BCUT2D eigenvalue weighted by molar-refractivity contribution is -0.132. The van der Waals surface area contributed by atoms with Crippen molar-refractivity contribution >= 4 is 11.8 Å². The van der Waals surface area contributed by atoms with Gasteiger partial charge in [0, 0.05) is 26.1 Å². The molecule has 0 aliphatic carbocycles. The van der Waals surface area contributed by atoms with Gasteiger partial charge in [-0.15, -0.1) is 0 Å². The van der Waals surface area contributed by atoms with Crippen LogP contribution >= 0.6 is 0 Å². The Morgan fingerprint density at radius 3 is 2.69 bits per heavy atom. The molecule has 2 amide bonds. The number of likely N-dealkylation sites (tertiary alicyclic amines) is 1. The van der Waals surface area contributed by atoms with Crippen molar-refractivity contribution in [3.63, 3.8) is 0 Å². The van der Waals surface area contributed by atoms with Crippen LogP contribution in [-0.2, 0) is 22.6 Å². The van der Waals surface area contributed by atoms with E-state index in [0.717, 1.165) is 37.1 Å². The Morgan fingerprint density at radius 1 is 1.03 bits per heavy atom. The Labute approximate surface area is 185 Å². The Kier molecular flexibility index (Phi) is 6.87. The maximum absolute atomic E-state index is 13.3. The Hall–Kier alpha value is -3.16. The highest BCUT2D eigenvalue weighted by Crippen LogP contribution is 2.33. The molecule has 0 aromatic heterocycles. The van der Waals surface area contributed by atoms with Crippen LogP contribution in [0.1, 0.15) is 36.8 Å². The average molecular weight is 444 g/mol. The van der Waals surface area contributed by atoms with Crippen LogP contribution in [0.5, 0.6) is 11.5 Å². The molecular formula is C24H26F2N2O4. The van der Waals surface area contributed by atoms with Crippen LogP contribution in [0.15, 0.2) is 36.4 Å². The molecule has 0 radical (unpaired) electrons. The Bertz CT molecular complexity index is 998. The normalized spacial score (nSPS) is 17.3. The summed E-state index contributed by atoms with van der Waals surface area (Å²) >= 11 is 0. The first-order chi connectivity index (χ1) is 15.5. The maximum atomic E-state index is 13.3. The molecule has 1 saturated heterocycles. The molecule has 6 nitrogen and oxygen atoms in total. The molecule has 2 aromatic rings. The highest BCUT2D eigenvalue weighted by molar-refractivity contribution is 5.79. The molecule has 170 valence electrons. The van der Waals surface area contributed by atoms with Gasteiger partial charge in [-0.25, -0.2) is 8.78 Å². The van der Waals surface area contributed by atoms with Gasteiger partial charge in [0.25, 0.3) is 0 Å². The smallest absolute Gasteiger partial charge is 0.231 e. The summed E-state index contributed by atoms with van der Waals surface area (Å²) in [5, 5.41) is 2.74. The predicted molar refractivity (Wildman–Crippen MR) is 113 cm³/mol. The van der Waals surface area contributed by atoms with Crippen molar-refractivity contribution in [2.45, 2.75) is 38.6 Å². The van der Waals surface area contributed by atoms with E-state index >= 15 is 0 Å². The van der Waals surface area contributed by atoms with E-state index in [1.807, 2.05) is 23.1 Å². The number of nitrogens with one attached hydrogen (secondary N) is 1. The van der Waals surface area contributed by atoms with E-state index in [4.69, 9.17) is 9.47 Å². The van der Waals surface area contributed by atoms with E-state index in [1.54, 1.807) is 0 Å². The number of carbonyl (C=O) groups excluding carboxylic acids is 2. The molecule has 0 unspecified atom stereocenters. The van der Waals surface area contributed by atoms with E-state index in [2.05, 4.69) is 5.32 Å².